The second kappa shape index (κ2) is 8.23. The number of aromatic nitrogens is 2. The van der Waals surface area contributed by atoms with Gasteiger partial charge >= 0.3 is 0 Å². The molecule has 0 bridgehead atoms. The van der Waals surface area contributed by atoms with Gasteiger partial charge in [-0.15, -0.1) is 0 Å². The third-order valence-corrected chi connectivity index (χ3v) is 5.53. The van der Waals surface area contributed by atoms with Crippen molar-refractivity contribution in [3.05, 3.63) is 95.4 Å². The van der Waals surface area contributed by atoms with E-state index in [1.54, 1.807) is 30.3 Å². The van der Waals surface area contributed by atoms with Crippen LogP contribution < -0.4 is 5.32 Å². The first-order chi connectivity index (χ1) is 15.6. The summed E-state index contributed by atoms with van der Waals surface area (Å²) in [5.41, 5.74) is 5.31. The Morgan fingerprint density at radius 2 is 1.72 bits per heavy atom. The van der Waals surface area contributed by atoms with Gasteiger partial charge < -0.3 is 10.4 Å². The molecule has 1 heterocycles. The van der Waals surface area contributed by atoms with Gasteiger partial charge in [0.2, 0.25) is 5.91 Å². The predicted molar refractivity (Wildman–Crippen MR) is 121 cm³/mol. The largest absolute Gasteiger partial charge is 0.508 e. The van der Waals surface area contributed by atoms with Crippen molar-refractivity contribution in [1.82, 2.24) is 9.97 Å². The monoisotopic (exact) mass is 425 g/mol. The van der Waals surface area contributed by atoms with Crippen molar-refractivity contribution < 1.29 is 14.3 Å². The lowest BCUT2D eigenvalue weighted by atomic mass is 9.91. The fourth-order valence-electron chi connectivity index (χ4n) is 3.98. The Morgan fingerprint density at radius 1 is 0.938 bits per heavy atom. The van der Waals surface area contributed by atoms with Crippen LogP contribution in [-0.2, 0) is 24.1 Å². The molecule has 2 N–H and O–H groups in total. The van der Waals surface area contributed by atoms with E-state index in [2.05, 4.69) is 5.32 Å². The average molecular weight is 425 g/mol. The molecular weight excluding hydrogens is 405 g/mol. The molecule has 3 aromatic carbocycles. The van der Waals surface area contributed by atoms with Gasteiger partial charge in [0.05, 0.1) is 17.8 Å². The highest BCUT2D eigenvalue weighted by atomic mass is 19.1. The quantitative estimate of drug-likeness (QED) is 0.486. The molecule has 0 radical (unpaired) electrons. The molecule has 1 amide bonds. The first-order valence-corrected chi connectivity index (χ1v) is 10.4. The first kappa shape index (κ1) is 19.9. The van der Waals surface area contributed by atoms with Gasteiger partial charge in [0.25, 0.3) is 0 Å². The number of amides is 1. The summed E-state index contributed by atoms with van der Waals surface area (Å²) < 4.78 is 13.7. The van der Waals surface area contributed by atoms with Crippen molar-refractivity contribution in [2.75, 3.05) is 5.32 Å². The van der Waals surface area contributed by atoms with Crippen molar-refractivity contribution in [2.24, 2.45) is 0 Å². The first-order valence-electron chi connectivity index (χ1n) is 10.4. The number of benzene rings is 3. The Balaban J connectivity index is 1.57. The molecule has 1 aromatic heterocycles. The molecule has 4 aromatic rings. The zero-order valence-electron chi connectivity index (χ0n) is 17.2. The number of hydrogen-bond acceptors (Lipinski definition) is 4. The van der Waals surface area contributed by atoms with Crippen molar-refractivity contribution >= 4 is 11.7 Å². The van der Waals surface area contributed by atoms with E-state index in [0.717, 1.165) is 22.4 Å². The van der Waals surface area contributed by atoms with Crippen LogP contribution in [0.25, 0.3) is 22.5 Å². The van der Waals surface area contributed by atoms with Crippen LogP contribution in [0.15, 0.2) is 72.8 Å². The highest BCUT2D eigenvalue weighted by Crippen LogP contribution is 2.36. The molecule has 0 unspecified atom stereocenters. The van der Waals surface area contributed by atoms with Gasteiger partial charge in [0.15, 0.2) is 5.82 Å². The molecule has 1 aliphatic carbocycles. The zero-order chi connectivity index (χ0) is 22.1. The Kier molecular flexibility index (Phi) is 5.11. The third-order valence-electron chi connectivity index (χ3n) is 5.53. The molecule has 1 aliphatic rings. The van der Waals surface area contributed by atoms with Crippen LogP contribution in [0.2, 0.25) is 0 Å². The molecule has 32 heavy (non-hydrogen) atoms. The Hall–Kier alpha value is -4.06. The normalized spacial score (nSPS) is 12.0. The van der Waals surface area contributed by atoms with Crippen molar-refractivity contribution in [1.29, 1.82) is 0 Å². The Morgan fingerprint density at radius 3 is 2.50 bits per heavy atom. The van der Waals surface area contributed by atoms with Gasteiger partial charge in [-0.3, -0.25) is 4.79 Å². The molecular formula is C26H20FN3O2. The van der Waals surface area contributed by atoms with Crippen LogP contribution in [0.5, 0.6) is 5.75 Å². The summed E-state index contributed by atoms with van der Waals surface area (Å²) in [6.07, 6.45) is 1.48. The van der Waals surface area contributed by atoms with E-state index >= 15 is 0 Å². The number of phenols is 1. The van der Waals surface area contributed by atoms with Gasteiger partial charge in [-0.25, -0.2) is 14.4 Å². The standard InChI is InChI=1S/C26H20FN3O2/c27-19-9-12-21-18(15-19)8-13-22-25(21)30-24(17-6-10-20(31)11-7-17)26(28-22)29-23(32)14-16-4-2-1-3-5-16/h1-7,9-12,15,31H,8,13-14H2,(H,28,29,32). The number of carbonyl (C=O) groups is 1. The van der Waals surface area contributed by atoms with Gasteiger partial charge in [0.1, 0.15) is 17.3 Å². The summed E-state index contributed by atoms with van der Waals surface area (Å²) in [4.78, 5) is 22.4. The fourth-order valence-corrected chi connectivity index (χ4v) is 3.98. The highest BCUT2D eigenvalue weighted by molar-refractivity contribution is 5.95. The lowest BCUT2D eigenvalue weighted by Crippen LogP contribution is -2.18. The lowest BCUT2D eigenvalue weighted by Gasteiger charge is -2.21. The summed E-state index contributed by atoms with van der Waals surface area (Å²) in [6.45, 7) is 0. The third kappa shape index (κ3) is 3.95. The second-order valence-electron chi connectivity index (χ2n) is 7.78. The minimum atomic E-state index is -0.274. The van der Waals surface area contributed by atoms with Crippen molar-refractivity contribution in [2.45, 2.75) is 19.3 Å². The van der Waals surface area contributed by atoms with E-state index in [1.807, 2.05) is 30.3 Å². The number of hydrogen-bond donors (Lipinski definition) is 2. The van der Waals surface area contributed by atoms with E-state index < -0.39 is 0 Å². The zero-order valence-corrected chi connectivity index (χ0v) is 17.2. The molecule has 158 valence electrons. The molecule has 0 aliphatic heterocycles. The number of anilines is 1. The number of aromatic hydroxyl groups is 1. The van der Waals surface area contributed by atoms with Gasteiger partial charge in [-0.1, -0.05) is 30.3 Å². The van der Waals surface area contributed by atoms with Crippen LogP contribution in [0, 0.1) is 5.82 Å². The predicted octanol–water partition coefficient (Wildman–Crippen LogP) is 4.94. The van der Waals surface area contributed by atoms with Crippen LogP contribution in [0.4, 0.5) is 10.2 Å². The summed E-state index contributed by atoms with van der Waals surface area (Å²) in [5.74, 6) is 0.0450. The second-order valence-corrected chi connectivity index (χ2v) is 7.78. The van der Waals surface area contributed by atoms with Crippen LogP contribution in [-0.4, -0.2) is 21.0 Å². The van der Waals surface area contributed by atoms with E-state index in [4.69, 9.17) is 9.97 Å². The molecule has 5 rings (SSSR count). The van der Waals surface area contributed by atoms with Crippen LogP contribution in [0.3, 0.4) is 0 Å². The van der Waals surface area contributed by atoms with Crippen LogP contribution in [0.1, 0.15) is 16.8 Å². The fraction of sp³-hybridized carbons (Fsp3) is 0.115. The topological polar surface area (TPSA) is 75.1 Å². The molecule has 0 saturated carbocycles. The summed E-state index contributed by atoms with van der Waals surface area (Å²) in [6, 6.07) is 20.8. The Bertz CT molecular complexity index is 1300. The lowest BCUT2D eigenvalue weighted by molar-refractivity contribution is -0.115. The number of nitrogens with zero attached hydrogens (tertiary/aromatic N) is 2. The number of nitrogens with one attached hydrogen (secondary N) is 1. The Labute approximate surface area is 184 Å². The van der Waals surface area contributed by atoms with Crippen LogP contribution >= 0.6 is 0 Å². The maximum atomic E-state index is 13.7. The molecule has 0 atom stereocenters. The van der Waals surface area contributed by atoms with Crippen molar-refractivity contribution in [3.63, 3.8) is 0 Å². The number of aryl methyl sites for hydroxylation is 2. The van der Waals surface area contributed by atoms with Gasteiger partial charge in [0, 0.05) is 11.1 Å². The van der Waals surface area contributed by atoms with E-state index in [9.17, 15) is 14.3 Å². The maximum absolute atomic E-state index is 13.7. The maximum Gasteiger partial charge on any atom is 0.230 e. The van der Waals surface area contributed by atoms with Crippen molar-refractivity contribution in [3.8, 4) is 28.3 Å². The SMILES string of the molecule is O=C(Cc1ccccc1)Nc1nc2c(nc1-c1ccc(O)cc1)-c1ccc(F)cc1CC2. The highest BCUT2D eigenvalue weighted by Gasteiger charge is 2.23. The number of halogens is 1. The summed E-state index contributed by atoms with van der Waals surface area (Å²) >= 11 is 0. The smallest absolute Gasteiger partial charge is 0.230 e. The number of phenolic OH excluding ortho intramolecular Hbond substituents is 1. The number of rotatable bonds is 4. The average Bonchev–Trinajstić information content (AvgIpc) is 2.79. The minimum absolute atomic E-state index is 0.134. The number of carbonyl (C=O) groups excluding carboxylic acids is 1. The molecule has 0 fully saturated rings. The van der Waals surface area contributed by atoms with E-state index in [-0.39, 0.29) is 23.9 Å². The molecule has 0 saturated heterocycles. The molecule has 5 nitrogen and oxygen atoms in total. The van der Waals surface area contributed by atoms with E-state index in [0.29, 0.717) is 35.6 Å². The molecule has 6 heteroatoms. The van der Waals surface area contributed by atoms with Gasteiger partial charge in [-0.05, 0) is 66.4 Å². The molecule has 0 spiro atoms. The summed E-state index contributed by atoms with van der Waals surface area (Å²) in [7, 11) is 0. The van der Waals surface area contributed by atoms with E-state index in [1.165, 1.54) is 12.1 Å². The minimum Gasteiger partial charge on any atom is -0.508 e. The van der Waals surface area contributed by atoms with Gasteiger partial charge in [-0.2, -0.15) is 0 Å². The number of fused-ring (bicyclic) bond motifs is 3. The summed E-state index contributed by atoms with van der Waals surface area (Å²) in [5, 5.41) is 12.6.